The van der Waals surface area contributed by atoms with Crippen molar-refractivity contribution in [2.45, 2.75) is 13.0 Å². The average molecular weight is 469 g/mol. The van der Waals surface area contributed by atoms with Crippen molar-refractivity contribution in [1.82, 2.24) is 10.2 Å². The summed E-state index contributed by atoms with van der Waals surface area (Å²) in [7, 11) is 4.81. The zero-order chi connectivity index (χ0) is 24.2. The lowest BCUT2D eigenvalue weighted by Crippen LogP contribution is -2.32. The van der Waals surface area contributed by atoms with Crippen LogP contribution in [0, 0.1) is 5.92 Å². The van der Waals surface area contributed by atoms with Crippen molar-refractivity contribution in [3.8, 4) is 23.0 Å². The zero-order valence-electron chi connectivity index (χ0n) is 19.3. The summed E-state index contributed by atoms with van der Waals surface area (Å²) < 4.78 is 21.6. The molecule has 0 bridgehead atoms. The molecule has 1 unspecified atom stereocenters. The minimum atomic E-state index is -0.459. The van der Waals surface area contributed by atoms with E-state index in [9.17, 15) is 14.4 Å². The van der Waals surface area contributed by atoms with Gasteiger partial charge in [0.2, 0.25) is 18.6 Å². The standard InChI is InChI=1S/C24H27N3O7/c1-26(2)23(29)13-32-18-6-4-15(8-20(18)31-3)11-25-24(30)16-9-22(28)27(12-16)17-5-7-19-21(10-17)34-14-33-19/h4-8,10,16H,9,11-14H2,1-3H3,(H,25,30). The van der Waals surface area contributed by atoms with E-state index in [1.807, 2.05) is 0 Å². The van der Waals surface area contributed by atoms with Crippen molar-refractivity contribution >= 4 is 23.4 Å². The highest BCUT2D eigenvalue weighted by Gasteiger charge is 2.35. The number of benzene rings is 2. The Labute approximate surface area is 197 Å². The first-order valence-corrected chi connectivity index (χ1v) is 10.8. The number of carbonyl (C=O) groups excluding carboxylic acids is 3. The predicted molar refractivity (Wildman–Crippen MR) is 122 cm³/mol. The fraction of sp³-hybridized carbons (Fsp3) is 0.375. The molecule has 1 atom stereocenters. The second-order valence-corrected chi connectivity index (χ2v) is 8.22. The SMILES string of the molecule is COc1cc(CNC(=O)C2CC(=O)N(c3ccc4c(c3)OCO4)C2)ccc1OCC(=O)N(C)C. The number of fused-ring (bicyclic) bond motifs is 1. The first-order valence-electron chi connectivity index (χ1n) is 10.8. The van der Waals surface area contributed by atoms with Gasteiger partial charge in [0.1, 0.15) is 0 Å². The molecule has 3 amide bonds. The Hall–Kier alpha value is -3.95. The lowest BCUT2D eigenvalue weighted by molar-refractivity contribution is -0.130. The maximum absolute atomic E-state index is 12.8. The van der Waals surface area contributed by atoms with Crippen molar-refractivity contribution in [3.63, 3.8) is 0 Å². The summed E-state index contributed by atoms with van der Waals surface area (Å²) in [6.07, 6.45) is 0.135. The molecule has 0 aliphatic carbocycles. The molecule has 0 aromatic heterocycles. The van der Waals surface area contributed by atoms with Crippen LogP contribution in [0.4, 0.5) is 5.69 Å². The van der Waals surface area contributed by atoms with Crippen molar-refractivity contribution in [3.05, 3.63) is 42.0 Å². The quantitative estimate of drug-likeness (QED) is 0.625. The Morgan fingerprint density at radius 1 is 1.12 bits per heavy atom. The summed E-state index contributed by atoms with van der Waals surface area (Å²) in [6, 6.07) is 10.5. The maximum Gasteiger partial charge on any atom is 0.259 e. The third-order valence-electron chi connectivity index (χ3n) is 5.71. The third kappa shape index (κ3) is 5.00. The van der Waals surface area contributed by atoms with Crippen LogP contribution in [0.5, 0.6) is 23.0 Å². The molecule has 0 saturated carbocycles. The van der Waals surface area contributed by atoms with Crippen molar-refractivity contribution in [1.29, 1.82) is 0 Å². The molecule has 34 heavy (non-hydrogen) atoms. The van der Waals surface area contributed by atoms with Gasteiger partial charge in [-0.2, -0.15) is 0 Å². The van der Waals surface area contributed by atoms with Crippen molar-refractivity contribution in [2.24, 2.45) is 5.92 Å². The van der Waals surface area contributed by atoms with Gasteiger partial charge in [-0.05, 0) is 29.8 Å². The lowest BCUT2D eigenvalue weighted by Gasteiger charge is -2.17. The molecule has 10 heteroatoms. The molecule has 0 radical (unpaired) electrons. The molecule has 1 N–H and O–H groups in total. The molecule has 2 aromatic carbocycles. The number of methoxy groups -OCH3 is 1. The van der Waals surface area contributed by atoms with Crippen LogP contribution in [-0.4, -0.2) is 63.8 Å². The zero-order valence-corrected chi connectivity index (χ0v) is 19.3. The van der Waals surface area contributed by atoms with Gasteiger partial charge in [-0.15, -0.1) is 0 Å². The van der Waals surface area contributed by atoms with Crippen LogP contribution < -0.4 is 29.2 Å². The molecule has 180 valence electrons. The number of nitrogens with one attached hydrogen (secondary N) is 1. The van der Waals surface area contributed by atoms with E-state index in [0.717, 1.165) is 5.56 Å². The normalized spacial score (nSPS) is 16.4. The van der Waals surface area contributed by atoms with E-state index in [1.54, 1.807) is 55.4 Å². The number of hydrogen-bond donors (Lipinski definition) is 1. The Bertz CT molecular complexity index is 1100. The topological polar surface area (TPSA) is 107 Å². The van der Waals surface area contributed by atoms with Gasteiger partial charge in [-0.25, -0.2) is 0 Å². The number of amides is 3. The number of nitrogens with zero attached hydrogens (tertiary/aromatic N) is 2. The smallest absolute Gasteiger partial charge is 0.259 e. The highest BCUT2D eigenvalue weighted by molar-refractivity contribution is 6.00. The molecular weight excluding hydrogens is 442 g/mol. The Kier molecular flexibility index (Phi) is 6.76. The molecule has 1 fully saturated rings. The van der Waals surface area contributed by atoms with Gasteiger partial charge in [-0.3, -0.25) is 14.4 Å². The molecule has 0 spiro atoms. The van der Waals surface area contributed by atoms with Gasteiger partial charge in [0, 0.05) is 45.4 Å². The maximum atomic E-state index is 12.8. The molecule has 2 heterocycles. The minimum Gasteiger partial charge on any atom is -0.493 e. The van der Waals surface area contributed by atoms with Crippen LogP contribution in [0.1, 0.15) is 12.0 Å². The van der Waals surface area contributed by atoms with E-state index in [2.05, 4.69) is 5.32 Å². The number of ether oxygens (including phenoxy) is 4. The van der Waals surface area contributed by atoms with Gasteiger partial charge in [0.25, 0.3) is 5.91 Å². The van der Waals surface area contributed by atoms with Crippen LogP contribution in [0.25, 0.3) is 0 Å². The van der Waals surface area contributed by atoms with E-state index < -0.39 is 5.92 Å². The van der Waals surface area contributed by atoms with Crippen molar-refractivity contribution in [2.75, 3.05) is 46.0 Å². The molecule has 2 aliphatic rings. The van der Waals surface area contributed by atoms with Gasteiger partial charge >= 0.3 is 0 Å². The number of carbonyl (C=O) groups is 3. The number of hydrogen-bond acceptors (Lipinski definition) is 7. The van der Waals surface area contributed by atoms with E-state index in [1.165, 1.54) is 12.0 Å². The van der Waals surface area contributed by atoms with Crippen molar-refractivity contribution < 1.29 is 33.3 Å². The average Bonchev–Trinajstić information content (AvgIpc) is 3.46. The third-order valence-corrected chi connectivity index (χ3v) is 5.71. The Balaban J connectivity index is 1.33. The van der Waals surface area contributed by atoms with E-state index in [0.29, 0.717) is 35.2 Å². The predicted octanol–water partition coefficient (Wildman–Crippen LogP) is 1.56. The first-order chi connectivity index (χ1) is 16.4. The van der Waals surface area contributed by atoms with Crippen LogP contribution in [-0.2, 0) is 20.9 Å². The van der Waals surface area contributed by atoms with Crippen LogP contribution in [0.15, 0.2) is 36.4 Å². The minimum absolute atomic E-state index is 0.102. The fourth-order valence-electron chi connectivity index (χ4n) is 3.73. The van der Waals surface area contributed by atoms with E-state index in [4.69, 9.17) is 18.9 Å². The molecule has 4 rings (SSSR count). The summed E-state index contributed by atoms with van der Waals surface area (Å²) in [4.78, 5) is 40.1. The summed E-state index contributed by atoms with van der Waals surface area (Å²) in [6.45, 7) is 0.611. The van der Waals surface area contributed by atoms with Gasteiger partial charge in [0.15, 0.2) is 29.6 Å². The number of rotatable bonds is 8. The summed E-state index contributed by atoms with van der Waals surface area (Å²) >= 11 is 0. The Morgan fingerprint density at radius 2 is 1.91 bits per heavy atom. The summed E-state index contributed by atoms with van der Waals surface area (Å²) in [5.41, 5.74) is 1.48. The highest BCUT2D eigenvalue weighted by Crippen LogP contribution is 2.37. The van der Waals surface area contributed by atoms with Crippen LogP contribution in [0.3, 0.4) is 0 Å². The largest absolute Gasteiger partial charge is 0.493 e. The van der Waals surface area contributed by atoms with E-state index in [-0.39, 0.29) is 44.1 Å². The van der Waals surface area contributed by atoms with Gasteiger partial charge in [0.05, 0.1) is 13.0 Å². The molecule has 2 aromatic rings. The second kappa shape index (κ2) is 9.90. The first kappa shape index (κ1) is 23.2. The molecule has 2 aliphatic heterocycles. The monoisotopic (exact) mass is 469 g/mol. The molecule has 1 saturated heterocycles. The molecular formula is C24H27N3O7. The lowest BCUT2D eigenvalue weighted by atomic mass is 10.1. The van der Waals surface area contributed by atoms with Gasteiger partial charge < -0.3 is 34.1 Å². The second-order valence-electron chi connectivity index (χ2n) is 8.22. The highest BCUT2D eigenvalue weighted by atomic mass is 16.7. The van der Waals surface area contributed by atoms with Crippen LogP contribution >= 0.6 is 0 Å². The van der Waals surface area contributed by atoms with E-state index >= 15 is 0 Å². The Morgan fingerprint density at radius 3 is 2.68 bits per heavy atom. The fourth-order valence-corrected chi connectivity index (χ4v) is 3.73. The number of likely N-dealkylation sites (N-methyl/N-ethyl adjacent to an activating group) is 1. The van der Waals surface area contributed by atoms with Gasteiger partial charge in [-0.1, -0.05) is 6.07 Å². The summed E-state index contributed by atoms with van der Waals surface area (Å²) in [5.74, 6) is 1.18. The summed E-state index contributed by atoms with van der Waals surface area (Å²) in [5, 5.41) is 2.89. The number of anilines is 1. The van der Waals surface area contributed by atoms with Crippen LogP contribution in [0.2, 0.25) is 0 Å². The molecule has 10 nitrogen and oxygen atoms in total.